The monoisotopic (exact) mass is 265 g/mol. The van der Waals surface area contributed by atoms with Gasteiger partial charge in [0.1, 0.15) is 0 Å². The van der Waals surface area contributed by atoms with Gasteiger partial charge >= 0.3 is 5.97 Å². The Morgan fingerprint density at radius 1 is 1.11 bits per heavy atom. The van der Waals surface area contributed by atoms with Crippen LogP contribution < -0.4 is 0 Å². The van der Waals surface area contributed by atoms with Crippen LogP contribution in [0.25, 0.3) is 0 Å². The average Bonchev–Trinajstić information content (AvgIpc) is 2.97. The van der Waals surface area contributed by atoms with Gasteiger partial charge in [-0.15, -0.1) is 0 Å². The zero-order valence-electron chi connectivity index (χ0n) is 11.7. The molecule has 0 radical (unpaired) electrons. The van der Waals surface area contributed by atoms with Crippen LogP contribution in [-0.2, 0) is 9.59 Å². The second-order valence-electron chi connectivity index (χ2n) is 5.66. The third-order valence-electron chi connectivity index (χ3n) is 4.33. The van der Waals surface area contributed by atoms with E-state index >= 15 is 0 Å². The van der Waals surface area contributed by atoms with E-state index in [1.165, 1.54) is 0 Å². The highest BCUT2D eigenvalue weighted by atomic mass is 16.4. The summed E-state index contributed by atoms with van der Waals surface area (Å²) >= 11 is 0. The standard InChI is InChI=1S/C15H23NO3/c1-3-7-16(8-4-2)14(17)12-10-5-6-11(9-10)13(12)15(18)19/h5-6,10-13H,3-4,7-9H2,1-2H3,(H,18,19)/t10?,11?,12-,13+/m0/s1. The number of carboxylic acids is 1. The highest BCUT2D eigenvalue weighted by Gasteiger charge is 2.52. The van der Waals surface area contributed by atoms with Gasteiger partial charge in [-0.25, -0.2) is 0 Å². The molecule has 1 N–H and O–H groups in total. The normalized spacial score (nSPS) is 31.7. The summed E-state index contributed by atoms with van der Waals surface area (Å²) in [6.45, 7) is 5.56. The van der Waals surface area contributed by atoms with Gasteiger partial charge in [0.25, 0.3) is 0 Å². The number of hydrogen-bond acceptors (Lipinski definition) is 2. The van der Waals surface area contributed by atoms with Crippen molar-refractivity contribution < 1.29 is 14.7 Å². The fourth-order valence-corrected chi connectivity index (χ4v) is 3.58. The van der Waals surface area contributed by atoms with Crippen LogP contribution in [0.5, 0.6) is 0 Å². The molecular weight excluding hydrogens is 242 g/mol. The van der Waals surface area contributed by atoms with E-state index in [-0.39, 0.29) is 23.7 Å². The molecule has 2 aliphatic rings. The second kappa shape index (κ2) is 5.76. The lowest BCUT2D eigenvalue weighted by molar-refractivity contribution is -0.151. The third-order valence-corrected chi connectivity index (χ3v) is 4.33. The molecule has 1 saturated carbocycles. The van der Waals surface area contributed by atoms with Crippen LogP contribution in [0.15, 0.2) is 12.2 Å². The Balaban J connectivity index is 2.16. The van der Waals surface area contributed by atoms with Crippen LogP contribution in [-0.4, -0.2) is 35.0 Å². The maximum Gasteiger partial charge on any atom is 0.307 e. The van der Waals surface area contributed by atoms with E-state index in [9.17, 15) is 14.7 Å². The first-order valence-corrected chi connectivity index (χ1v) is 7.30. The smallest absolute Gasteiger partial charge is 0.307 e. The van der Waals surface area contributed by atoms with E-state index in [0.717, 1.165) is 32.4 Å². The molecule has 1 fully saturated rings. The van der Waals surface area contributed by atoms with Gasteiger partial charge in [-0.1, -0.05) is 26.0 Å². The van der Waals surface area contributed by atoms with Crippen molar-refractivity contribution in [2.24, 2.45) is 23.7 Å². The molecule has 4 atom stereocenters. The molecule has 0 aromatic heterocycles. The van der Waals surface area contributed by atoms with Crippen molar-refractivity contribution in [2.45, 2.75) is 33.1 Å². The molecule has 0 aromatic carbocycles. The van der Waals surface area contributed by atoms with E-state index in [2.05, 4.69) is 0 Å². The highest BCUT2D eigenvalue weighted by Crippen LogP contribution is 2.48. The van der Waals surface area contributed by atoms with Crippen LogP contribution in [0.4, 0.5) is 0 Å². The molecule has 2 rings (SSSR count). The zero-order chi connectivity index (χ0) is 14.0. The van der Waals surface area contributed by atoms with Crippen LogP contribution >= 0.6 is 0 Å². The second-order valence-corrected chi connectivity index (χ2v) is 5.66. The summed E-state index contributed by atoms with van der Waals surface area (Å²) in [6, 6.07) is 0. The molecule has 0 aromatic rings. The Labute approximate surface area is 114 Å². The lowest BCUT2D eigenvalue weighted by atomic mass is 9.82. The first kappa shape index (κ1) is 14.1. The van der Waals surface area contributed by atoms with Gasteiger partial charge in [0.05, 0.1) is 11.8 Å². The maximum absolute atomic E-state index is 12.7. The first-order valence-electron chi connectivity index (χ1n) is 7.30. The molecule has 0 saturated heterocycles. The SMILES string of the molecule is CCCN(CCC)C(=O)[C@H]1C2C=CC(C2)[C@H]1C(=O)O. The van der Waals surface area contributed by atoms with Crippen LogP contribution in [0.3, 0.4) is 0 Å². The molecule has 2 aliphatic carbocycles. The fraction of sp³-hybridized carbons (Fsp3) is 0.733. The van der Waals surface area contributed by atoms with Crippen molar-refractivity contribution in [3.63, 3.8) is 0 Å². The Hall–Kier alpha value is -1.32. The van der Waals surface area contributed by atoms with E-state index in [0.29, 0.717) is 0 Å². The van der Waals surface area contributed by atoms with Gasteiger partial charge in [0, 0.05) is 13.1 Å². The van der Waals surface area contributed by atoms with Gasteiger partial charge < -0.3 is 10.0 Å². The van der Waals surface area contributed by atoms with Gasteiger partial charge in [-0.2, -0.15) is 0 Å². The van der Waals surface area contributed by atoms with E-state index in [4.69, 9.17) is 0 Å². The topological polar surface area (TPSA) is 57.6 Å². The van der Waals surface area contributed by atoms with Crippen LogP contribution in [0, 0.1) is 23.7 Å². The van der Waals surface area contributed by atoms with Crippen molar-refractivity contribution >= 4 is 11.9 Å². The molecule has 19 heavy (non-hydrogen) atoms. The minimum absolute atomic E-state index is 0.0490. The molecule has 2 unspecified atom stereocenters. The summed E-state index contributed by atoms with van der Waals surface area (Å²) in [6.07, 6.45) is 6.69. The van der Waals surface area contributed by atoms with Crippen molar-refractivity contribution in [3.05, 3.63) is 12.2 Å². The number of carboxylic acid groups (broad SMARTS) is 1. The summed E-state index contributed by atoms with van der Waals surface area (Å²) < 4.78 is 0. The average molecular weight is 265 g/mol. The molecule has 1 amide bonds. The fourth-order valence-electron chi connectivity index (χ4n) is 3.58. The predicted molar refractivity (Wildman–Crippen MR) is 72.5 cm³/mol. The number of rotatable bonds is 6. The molecular formula is C15H23NO3. The Morgan fingerprint density at radius 3 is 2.11 bits per heavy atom. The van der Waals surface area contributed by atoms with Gasteiger partial charge in [-0.3, -0.25) is 9.59 Å². The quantitative estimate of drug-likeness (QED) is 0.749. The van der Waals surface area contributed by atoms with Gasteiger partial charge in [0.2, 0.25) is 5.91 Å². The van der Waals surface area contributed by atoms with Crippen molar-refractivity contribution in [2.75, 3.05) is 13.1 Å². The summed E-state index contributed by atoms with van der Waals surface area (Å²) in [4.78, 5) is 26.0. The van der Waals surface area contributed by atoms with Crippen LogP contribution in [0.1, 0.15) is 33.1 Å². The number of allylic oxidation sites excluding steroid dienone is 2. The predicted octanol–water partition coefficient (Wildman–Crippen LogP) is 2.16. The highest BCUT2D eigenvalue weighted by molar-refractivity contribution is 5.87. The number of nitrogens with zero attached hydrogens (tertiary/aromatic N) is 1. The van der Waals surface area contributed by atoms with E-state index < -0.39 is 11.9 Å². The number of fused-ring (bicyclic) bond motifs is 2. The summed E-state index contributed by atoms with van der Waals surface area (Å²) in [5.41, 5.74) is 0. The largest absolute Gasteiger partial charge is 0.481 e. The third kappa shape index (κ3) is 2.53. The minimum Gasteiger partial charge on any atom is -0.481 e. The van der Waals surface area contributed by atoms with E-state index in [1.54, 1.807) is 0 Å². The maximum atomic E-state index is 12.7. The van der Waals surface area contributed by atoms with Crippen molar-refractivity contribution in [1.82, 2.24) is 4.90 Å². The number of hydrogen-bond donors (Lipinski definition) is 1. The number of carbonyl (C=O) groups is 2. The first-order chi connectivity index (χ1) is 9.10. The van der Waals surface area contributed by atoms with E-state index in [1.807, 2.05) is 30.9 Å². The lowest BCUT2D eigenvalue weighted by Gasteiger charge is -2.30. The van der Waals surface area contributed by atoms with Gasteiger partial charge in [0.15, 0.2) is 0 Å². The Kier molecular flexibility index (Phi) is 4.27. The molecule has 2 bridgehead atoms. The Morgan fingerprint density at radius 2 is 1.63 bits per heavy atom. The summed E-state index contributed by atoms with van der Waals surface area (Å²) in [7, 11) is 0. The zero-order valence-corrected chi connectivity index (χ0v) is 11.7. The van der Waals surface area contributed by atoms with Crippen LogP contribution in [0.2, 0.25) is 0 Å². The molecule has 0 aliphatic heterocycles. The Bertz CT molecular complexity index is 385. The van der Waals surface area contributed by atoms with Crippen molar-refractivity contribution in [3.8, 4) is 0 Å². The summed E-state index contributed by atoms with van der Waals surface area (Å²) in [5, 5.41) is 9.39. The minimum atomic E-state index is -0.817. The molecule has 106 valence electrons. The number of aliphatic carboxylic acids is 1. The molecule has 0 heterocycles. The lowest BCUT2D eigenvalue weighted by Crippen LogP contribution is -2.43. The molecule has 0 spiro atoms. The number of carbonyl (C=O) groups excluding carboxylic acids is 1. The molecule has 4 heteroatoms. The summed E-state index contributed by atoms with van der Waals surface area (Å²) in [5.74, 6) is -1.43. The van der Waals surface area contributed by atoms with Gasteiger partial charge in [-0.05, 0) is 31.1 Å². The van der Waals surface area contributed by atoms with Crippen molar-refractivity contribution in [1.29, 1.82) is 0 Å². The molecule has 4 nitrogen and oxygen atoms in total. The number of amides is 1.